The fourth-order valence-corrected chi connectivity index (χ4v) is 6.67. The van der Waals surface area contributed by atoms with E-state index in [9.17, 15) is 27.8 Å². The molecule has 2 N–H and O–H groups in total. The first-order chi connectivity index (χ1) is 23.0. The summed E-state index contributed by atoms with van der Waals surface area (Å²) < 4.78 is 39.5. The first-order valence-corrected chi connectivity index (χ1v) is 18.8. The van der Waals surface area contributed by atoms with Gasteiger partial charge in [0, 0.05) is 62.9 Å². The number of aliphatic imine (C=N–C) groups is 1. The molecule has 49 heavy (non-hydrogen) atoms. The molecule has 1 aromatic heterocycles. The molecule has 14 heteroatoms. The minimum Gasteiger partial charge on any atom is -0.392 e. The zero-order valence-corrected chi connectivity index (χ0v) is 30.7. The molecule has 3 heterocycles. The monoisotopic (exact) mass is 701 g/mol. The summed E-state index contributed by atoms with van der Waals surface area (Å²) in [5.41, 5.74) is 1.93. The van der Waals surface area contributed by atoms with Crippen LogP contribution in [-0.4, -0.2) is 131 Å². The number of piperazine rings is 1. The number of aliphatic hydroxyl groups is 2. The summed E-state index contributed by atoms with van der Waals surface area (Å²) in [6.45, 7) is 16.0. The first kappa shape index (κ1) is 38.5. The van der Waals surface area contributed by atoms with Crippen LogP contribution in [0.25, 0.3) is 17.3 Å². The van der Waals surface area contributed by atoms with Crippen molar-refractivity contribution < 1.29 is 27.8 Å². The average molecular weight is 702 g/mol. The Hall–Kier alpha value is -3.30. The van der Waals surface area contributed by atoms with Crippen molar-refractivity contribution in [2.45, 2.75) is 90.6 Å². The number of halogens is 1. The molecule has 270 valence electrons. The van der Waals surface area contributed by atoms with E-state index in [1.807, 2.05) is 13.8 Å². The second kappa shape index (κ2) is 16.2. The van der Waals surface area contributed by atoms with E-state index in [0.29, 0.717) is 41.6 Å². The highest BCUT2D eigenvalue weighted by Gasteiger charge is 2.39. The Labute approximate surface area is 290 Å². The van der Waals surface area contributed by atoms with Crippen molar-refractivity contribution >= 4 is 33.8 Å². The number of amidine groups is 1. The summed E-state index contributed by atoms with van der Waals surface area (Å²) in [4.78, 5) is 33.9. The van der Waals surface area contributed by atoms with Crippen molar-refractivity contribution in [3.63, 3.8) is 0 Å². The van der Waals surface area contributed by atoms with Crippen molar-refractivity contribution in [2.75, 3.05) is 50.3 Å². The zero-order valence-electron chi connectivity index (χ0n) is 29.9. The Morgan fingerprint density at radius 3 is 2.31 bits per heavy atom. The predicted octanol–water partition coefficient (Wildman–Crippen LogP) is 3.36. The van der Waals surface area contributed by atoms with Crippen LogP contribution in [0.5, 0.6) is 0 Å². The van der Waals surface area contributed by atoms with Gasteiger partial charge >= 0.3 is 0 Å². The molecule has 2 aliphatic rings. The van der Waals surface area contributed by atoms with Crippen LogP contribution in [0.15, 0.2) is 35.3 Å². The molecule has 3 atom stereocenters. The topological polar surface area (TPSA) is 143 Å². The SMILES string of the molecule is CC(C)c1nc(N(C)S(C)(=O)=O)nc(-c2ccc(F)cc2)c1C=C[C@H](O)C[C@@H](O)CC(=O)N1CCN=C1C1CN(C(C)C)CCN1C(C)C. The maximum atomic E-state index is 13.8. The minimum absolute atomic E-state index is 0.0236. The third-order valence-corrected chi connectivity index (χ3v) is 10.3. The van der Waals surface area contributed by atoms with Crippen LogP contribution in [-0.2, 0) is 14.8 Å². The van der Waals surface area contributed by atoms with Gasteiger partial charge in [-0.25, -0.2) is 27.1 Å². The van der Waals surface area contributed by atoms with Gasteiger partial charge in [-0.3, -0.25) is 24.5 Å². The number of carbonyl (C=O) groups is 1. The Kier molecular flexibility index (Phi) is 12.7. The molecule has 0 spiro atoms. The quantitative estimate of drug-likeness (QED) is 0.322. The lowest BCUT2D eigenvalue weighted by Crippen LogP contribution is -2.62. The van der Waals surface area contributed by atoms with Crippen LogP contribution in [0.2, 0.25) is 0 Å². The molecule has 12 nitrogen and oxygen atoms in total. The van der Waals surface area contributed by atoms with E-state index in [1.165, 1.54) is 25.3 Å². The van der Waals surface area contributed by atoms with Crippen LogP contribution in [0.1, 0.15) is 71.6 Å². The zero-order chi connectivity index (χ0) is 36.2. The third kappa shape index (κ3) is 9.48. The number of hydrogen-bond acceptors (Lipinski definition) is 10. The molecule has 4 rings (SSSR count). The number of nitrogens with zero attached hydrogens (tertiary/aromatic N) is 7. The van der Waals surface area contributed by atoms with Gasteiger partial charge in [0.05, 0.1) is 48.9 Å². The smallest absolute Gasteiger partial charge is 0.239 e. The molecule has 0 aliphatic carbocycles. The molecule has 0 bridgehead atoms. The van der Waals surface area contributed by atoms with Gasteiger partial charge in [0.25, 0.3) is 0 Å². The number of amides is 1. The highest BCUT2D eigenvalue weighted by Crippen LogP contribution is 2.32. The molecule has 2 aliphatic heterocycles. The van der Waals surface area contributed by atoms with E-state index in [0.717, 1.165) is 36.0 Å². The number of sulfonamides is 1. The van der Waals surface area contributed by atoms with Gasteiger partial charge in [0.2, 0.25) is 21.9 Å². The maximum absolute atomic E-state index is 13.8. The molecule has 1 fully saturated rings. The highest BCUT2D eigenvalue weighted by atomic mass is 32.2. The van der Waals surface area contributed by atoms with E-state index < -0.39 is 28.0 Å². The van der Waals surface area contributed by atoms with Gasteiger partial charge in [0.15, 0.2) is 0 Å². The van der Waals surface area contributed by atoms with Crippen molar-refractivity contribution in [2.24, 2.45) is 4.99 Å². The minimum atomic E-state index is -3.68. The normalized spacial score (nSPS) is 19.3. The van der Waals surface area contributed by atoms with E-state index in [2.05, 4.69) is 47.5 Å². The molecular formula is C35H52FN7O5S. The molecule has 1 unspecified atom stereocenters. The fraction of sp³-hybridized carbons (Fsp3) is 0.600. The summed E-state index contributed by atoms with van der Waals surface area (Å²) in [6.07, 6.45) is 1.69. The molecule has 0 saturated carbocycles. The fourth-order valence-electron chi connectivity index (χ4n) is 6.29. The summed E-state index contributed by atoms with van der Waals surface area (Å²) >= 11 is 0. The summed E-state index contributed by atoms with van der Waals surface area (Å²) in [7, 11) is -2.32. The first-order valence-electron chi connectivity index (χ1n) is 17.0. The van der Waals surface area contributed by atoms with Crippen molar-refractivity contribution in [1.82, 2.24) is 24.7 Å². The van der Waals surface area contributed by atoms with Gasteiger partial charge in [-0.1, -0.05) is 26.0 Å². The number of carbonyl (C=O) groups excluding carboxylic acids is 1. The lowest BCUT2D eigenvalue weighted by molar-refractivity contribution is -0.129. The Bertz CT molecular complexity index is 1630. The standard InChI is InChI=1S/C35H52FN7O5S/c1-22(2)32-29(33(25-9-11-26(36)12-10-25)39-35(38-32)40(7)49(8,47)48)14-13-27(44)19-28(45)20-31(46)43-16-15-37-34(43)30-21-41(23(3)4)17-18-42(30)24(5)6/h9-14,22-24,27-28,30,44-45H,15-21H2,1-8H3/t27-,28+,30?/m0/s1. The summed E-state index contributed by atoms with van der Waals surface area (Å²) in [5.74, 6) is -0.134. The number of hydrogen-bond donors (Lipinski definition) is 2. The number of anilines is 1. The second-order valence-electron chi connectivity index (χ2n) is 13.8. The molecule has 1 aromatic carbocycles. The van der Waals surface area contributed by atoms with Gasteiger partial charge < -0.3 is 10.2 Å². The predicted molar refractivity (Wildman–Crippen MR) is 191 cm³/mol. The number of aromatic nitrogens is 2. The molecule has 1 saturated heterocycles. The molecule has 0 radical (unpaired) electrons. The number of aliphatic hydroxyl groups excluding tert-OH is 2. The van der Waals surface area contributed by atoms with Gasteiger partial charge in [0.1, 0.15) is 11.7 Å². The van der Waals surface area contributed by atoms with Crippen LogP contribution < -0.4 is 4.31 Å². The van der Waals surface area contributed by atoms with E-state index in [1.54, 1.807) is 23.1 Å². The van der Waals surface area contributed by atoms with E-state index in [4.69, 9.17) is 4.99 Å². The van der Waals surface area contributed by atoms with Gasteiger partial charge in [-0.15, -0.1) is 0 Å². The molecule has 1 amide bonds. The Morgan fingerprint density at radius 2 is 1.71 bits per heavy atom. The van der Waals surface area contributed by atoms with Gasteiger partial charge in [-0.05, 0) is 57.9 Å². The van der Waals surface area contributed by atoms with E-state index in [-0.39, 0.29) is 42.7 Å². The Balaban J connectivity index is 1.52. The van der Waals surface area contributed by atoms with Crippen molar-refractivity contribution in [3.05, 3.63) is 47.4 Å². The largest absolute Gasteiger partial charge is 0.392 e. The van der Waals surface area contributed by atoms with Crippen molar-refractivity contribution in [1.29, 1.82) is 0 Å². The molecular weight excluding hydrogens is 649 g/mol. The maximum Gasteiger partial charge on any atom is 0.239 e. The lowest BCUT2D eigenvalue weighted by atomic mass is 9.97. The molecule has 2 aromatic rings. The number of rotatable bonds is 13. The van der Waals surface area contributed by atoms with Crippen LogP contribution in [0.3, 0.4) is 0 Å². The second-order valence-corrected chi connectivity index (χ2v) is 15.8. The van der Waals surface area contributed by atoms with Crippen LogP contribution in [0, 0.1) is 5.82 Å². The van der Waals surface area contributed by atoms with Crippen molar-refractivity contribution in [3.8, 4) is 11.3 Å². The lowest BCUT2D eigenvalue weighted by Gasteiger charge is -2.46. The Morgan fingerprint density at radius 1 is 1.04 bits per heavy atom. The average Bonchev–Trinajstić information content (AvgIpc) is 3.53. The van der Waals surface area contributed by atoms with Crippen LogP contribution >= 0.6 is 0 Å². The number of benzene rings is 1. The summed E-state index contributed by atoms with van der Waals surface area (Å²) in [5, 5.41) is 21.9. The van der Waals surface area contributed by atoms with Crippen LogP contribution in [0.4, 0.5) is 10.3 Å². The third-order valence-electron chi connectivity index (χ3n) is 9.14. The van der Waals surface area contributed by atoms with E-state index >= 15 is 0 Å². The summed E-state index contributed by atoms with van der Waals surface area (Å²) in [6, 6.07) is 6.29. The van der Waals surface area contributed by atoms with Gasteiger partial charge in [-0.2, -0.15) is 0 Å². The highest BCUT2D eigenvalue weighted by molar-refractivity contribution is 7.92.